The first-order chi connectivity index (χ1) is 13.2. The van der Waals surface area contributed by atoms with Crippen molar-refractivity contribution in [1.82, 2.24) is 4.90 Å². The van der Waals surface area contributed by atoms with Crippen molar-refractivity contribution in [3.63, 3.8) is 0 Å². The molecule has 0 bridgehead atoms. The summed E-state index contributed by atoms with van der Waals surface area (Å²) in [6.07, 6.45) is 1.03. The van der Waals surface area contributed by atoms with Gasteiger partial charge in [-0.05, 0) is 50.7 Å². The van der Waals surface area contributed by atoms with Gasteiger partial charge < -0.3 is 18.8 Å². The van der Waals surface area contributed by atoms with Crippen molar-refractivity contribution in [2.45, 2.75) is 58.5 Å². The van der Waals surface area contributed by atoms with Gasteiger partial charge in [-0.1, -0.05) is 25.5 Å². The van der Waals surface area contributed by atoms with E-state index in [-0.39, 0.29) is 18.5 Å². The summed E-state index contributed by atoms with van der Waals surface area (Å²) in [7, 11) is -0.444. The summed E-state index contributed by atoms with van der Waals surface area (Å²) in [5.41, 5.74) is 0.894. The summed E-state index contributed by atoms with van der Waals surface area (Å²) < 4.78 is 16.8. The van der Waals surface area contributed by atoms with E-state index in [0.29, 0.717) is 6.54 Å². The van der Waals surface area contributed by atoms with Crippen molar-refractivity contribution in [3.8, 4) is 5.75 Å². The summed E-state index contributed by atoms with van der Waals surface area (Å²) in [4.78, 5) is 28.0. The van der Waals surface area contributed by atoms with Gasteiger partial charge in [-0.25, -0.2) is 0 Å². The Morgan fingerprint density at radius 2 is 1.79 bits per heavy atom. The highest BCUT2D eigenvalue weighted by Crippen LogP contribution is 2.42. The normalized spacial score (nSPS) is 22.4. The minimum Gasteiger partial charge on any atom is -0.497 e. The summed E-state index contributed by atoms with van der Waals surface area (Å²) in [5.74, 6) is -0.436. The minimum absolute atomic E-state index is 0.116. The Kier molecular flexibility index (Phi) is 7.66. The van der Waals surface area contributed by atoms with E-state index >= 15 is 0 Å². The highest BCUT2D eigenvalue weighted by atomic mass is 28.4. The van der Waals surface area contributed by atoms with Crippen LogP contribution in [0.1, 0.15) is 38.3 Å². The second-order valence-electron chi connectivity index (χ2n) is 8.03. The van der Waals surface area contributed by atoms with Crippen molar-refractivity contribution in [2.24, 2.45) is 5.92 Å². The molecule has 1 aliphatic rings. The number of esters is 1. The maximum absolute atomic E-state index is 13.3. The van der Waals surface area contributed by atoms with E-state index in [4.69, 9.17) is 13.9 Å². The third-order valence-electron chi connectivity index (χ3n) is 4.78. The molecule has 0 saturated carbocycles. The number of carbonyl (C=O) groups excluding carboxylic acids is 2. The number of methoxy groups -OCH3 is 1. The molecule has 0 spiro atoms. The zero-order valence-corrected chi connectivity index (χ0v) is 18.9. The molecule has 156 valence electrons. The molecule has 1 aromatic carbocycles. The van der Waals surface area contributed by atoms with Crippen LogP contribution in [0.3, 0.4) is 0 Å². The molecule has 1 fully saturated rings. The lowest BCUT2D eigenvalue weighted by Gasteiger charge is -2.28. The van der Waals surface area contributed by atoms with Crippen LogP contribution in [0.4, 0.5) is 0 Å². The molecule has 1 heterocycles. The fourth-order valence-corrected chi connectivity index (χ4v) is 4.58. The topological polar surface area (TPSA) is 65.1 Å². The third-order valence-corrected chi connectivity index (χ3v) is 5.74. The molecule has 1 saturated heterocycles. The first-order valence-electron chi connectivity index (χ1n) is 10.0. The summed E-state index contributed by atoms with van der Waals surface area (Å²) >= 11 is 0. The van der Waals surface area contributed by atoms with Crippen LogP contribution in [-0.2, 0) is 18.8 Å². The first kappa shape index (κ1) is 22.4. The number of unbranched alkanes of at least 4 members (excludes halogenated alkanes) is 1. The Morgan fingerprint density at radius 3 is 2.29 bits per heavy atom. The molecule has 0 aliphatic carbocycles. The second-order valence-corrected chi connectivity index (χ2v) is 12.5. The summed E-state index contributed by atoms with van der Waals surface area (Å²) in [5, 5.41) is 0. The SMILES string of the molecule is CCCCN1C(=O)C(O[Si](C)(C)C)C(C(=O)OCC)C1c1ccc(OC)cc1. The van der Waals surface area contributed by atoms with Crippen molar-refractivity contribution in [1.29, 1.82) is 0 Å². The zero-order chi connectivity index (χ0) is 20.9. The van der Waals surface area contributed by atoms with Crippen LogP contribution in [0.15, 0.2) is 24.3 Å². The molecule has 3 unspecified atom stereocenters. The van der Waals surface area contributed by atoms with Gasteiger partial charge in [0.1, 0.15) is 17.8 Å². The minimum atomic E-state index is -2.06. The molecule has 0 aromatic heterocycles. The molecule has 7 heteroatoms. The number of carbonyl (C=O) groups is 2. The van der Waals surface area contributed by atoms with Gasteiger partial charge in [-0.15, -0.1) is 0 Å². The summed E-state index contributed by atoms with van der Waals surface area (Å²) in [6.45, 7) is 10.8. The fraction of sp³-hybridized carbons (Fsp3) is 0.619. The molecule has 28 heavy (non-hydrogen) atoms. The highest BCUT2D eigenvalue weighted by Gasteiger charge is 2.54. The van der Waals surface area contributed by atoms with Gasteiger partial charge in [-0.3, -0.25) is 9.59 Å². The van der Waals surface area contributed by atoms with E-state index < -0.39 is 26.4 Å². The molecule has 3 atom stereocenters. The van der Waals surface area contributed by atoms with Crippen LogP contribution < -0.4 is 4.74 Å². The van der Waals surface area contributed by atoms with E-state index in [1.165, 1.54) is 0 Å². The van der Waals surface area contributed by atoms with Gasteiger partial charge in [0, 0.05) is 6.54 Å². The average Bonchev–Trinajstić information content (AvgIpc) is 2.91. The highest BCUT2D eigenvalue weighted by molar-refractivity contribution is 6.69. The molecule has 0 radical (unpaired) electrons. The van der Waals surface area contributed by atoms with Crippen molar-refractivity contribution in [3.05, 3.63) is 29.8 Å². The van der Waals surface area contributed by atoms with Crippen LogP contribution in [0.2, 0.25) is 19.6 Å². The second kappa shape index (κ2) is 9.56. The number of rotatable bonds is 9. The Balaban J connectivity index is 2.50. The molecule has 1 amide bonds. The average molecular weight is 408 g/mol. The smallest absolute Gasteiger partial charge is 0.314 e. The first-order valence-corrected chi connectivity index (χ1v) is 13.4. The Bertz CT molecular complexity index is 670. The predicted octanol–water partition coefficient (Wildman–Crippen LogP) is 3.78. The van der Waals surface area contributed by atoms with Gasteiger partial charge in [-0.2, -0.15) is 0 Å². The maximum atomic E-state index is 13.3. The number of nitrogens with zero attached hydrogens (tertiary/aromatic N) is 1. The van der Waals surface area contributed by atoms with Crippen LogP contribution in [0, 0.1) is 5.92 Å². The number of ether oxygens (including phenoxy) is 2. The standard InChI is InChI=1S/C21H33NO5Si/c1-7-9-14-22-18(15-10-12-16(25-3)13-11-15)17(21(24)26-8-2)19(20(22)23)27-28(4,5)6/h10-13,17-19H,7-9,14H2,1-6H3. The van der Waals surface area contributed by atoms with Crippen LogP contribution in [0.25, 0.3) is 0 Å². The van der Waals surface area contributed by atoms with Gasteiger partial charge in [0.05, 0.1) is 19.8 Å². The molecule has 2 rings (SSSR count). The van der Waals surface area contributed by atoms with Gasteiger partial charge in [0.15, 0.2) is 8.32 Å². The molecular formula is C21H33NO5Si. The summed E-state index contributed by atoms with van der Waals surface area (Å²) in [6, 6.07) is 7.14. The van der Waals surface area contributed by atoms with Gasteiger partial charge in [0.2, 0.25) is 0 Å². The van der Waals surface area contributed by atoms with E-state index in [0.717, 1.165) is 24.2 Å². The quantitative estimate of drug-likeness (QED) is 0.460. The number of likely N-dealkylation sites (tertiary alicyclic amines) is 1. The number of benzene rings is 1. The van der Waals surface area contributed by atoms with E-state index in [1.54, 1.807) is 18.9 Å². The Hall–Kier alpha value is -1.86. The Labute approximate surface area is 169 Å². The third kappa shape index (κ3) is 5.14. The van der Waals surface area contributed by atoms with Gasteiger partial charge >= 0.3 is 5.97 Å². The molecule has 1 aromatic rings. The van der Waals surface area contributed by atoms with Crippen LogP contribution >= 0.6 is 0 Å². The van der Waals surface area contributed by atoms with Crippen molar-refractivity contribution in [2.75, 3.05) is 20.3 Å². The largest absolute Gasteiger partial charge is 0.497 e. The monoisotopic (exact) mass is 407 g/mol. The van der Waals surface area contributed by atoms with Gasteiger partial charge in [0.25, 0.3) is 5.91 Å². The number of hydrogen-bond donors (Lipinski definition) is 0. The van der Waals surface area contributed by atoms with E-state index in [1.807, 2.05) is 43.9 Å². The molecular weight excluding hydrogens is 374 g/mol. The molecule has 1 aliphatic heterocycles. The maximum Gasteiger partial charge on any atom is 0.314 e. The van der Waals surface area contributed by atoms with Crippen molar-refractivity contribution >= 4 is 20.2 Å². The van der Waals surface area contributed by atoms with Crippen LogP contribution in [-0.4, -0.2) is 51.5 Å². The van der Waals surface area contributed by atoms with E-state index in [9.17, 15) is 9.59 Å². The molecule has 0 N–H and O–H groups in total. The lowest BCUT2D eigenvalue weighted by atomic mass is 9.92. The number of amides is 1. The van der Waals surface area contributed by atoms with Crippen LogP contribution in [0.5, 0.6) is 5.75 Å². The lowest BCUT2D eigenvalue weighted by molar-refractivity contribution is -0.152. The molecule has 6 nitrogen and oxygen atoms in total. The lowest BCUT2D eigenvalue weighted by Crippen LogP contribution is -2.42. The van der Waals surface area contributed by atoms with Crippen molar-refractivity contribution < 1.29 is 23.5 Å². The fourth-order valence-electron chi connectivity index (χ4n) is 3.58. The zero-order valence-electron chi connectivity index (χ0n) is 17.9. The number of hydrogen-bond acceptors (Lipinski definition) is 5. The predicted molar refractivity (Wildman–Crippen MR) is 111 cm³/mol. The van der Waals surface area contributed by atoms with E-state index in [2.05, 4.69) is 6.92 Å². The Morgan fingerprint density at radius 1 is 1.14 bits per heavy atom.